The summed E-state index contributed by atoms with van der Waals surface area (Å²) in [5, 5.41) is 0. The van der Waals surface area contributed by atoms with Crippen LogP contribution in [0.2, 0.25) is 0 Å². The zero-order valence-corrected chi connectivity index (χ0v) is 16.6. The molecule has 0 aromatic heterocycles. The van der Waals surface area contributed by atoms with Crippen LogP contribution in [0.5, 0.6) is 0 Å². The van der Waals surface area contributed by atoms with Gasteiger partial charge in [0.1, 0.15) is 0 Å². The van der Waals surface area contributed by atoms with Crippen LogP contribution >= 0.6 is 0 Å². The molecule has 3 nitrogen and oxygen atoms in total. The van der Waals surface area contributed by atoms with Gasteiger partial charge in [-0.15, -0.1) is 0 Å². The van der Waals surface area contributed by atoms with Crippen molar-refractivity contribution < 1.29 is 9.00 Å². The molecular weight excluding hydrogens is 306 g/mol. The molecule has 0 amide bonds. The number of nitrogens with one attached hydrogen (secondary N) is 1. The number of allylic oxidation sites excluding steroid dienone is 1. The van der Waals surface area contributed by atoms with Crippen molar-refractivity contribution in [1.29, 1.82) is 0 Å². The molecule has 0 aliphatic carbocycles. The Morgan fingerprint density at radius 1 is 1.09 bits per heavy atom. The van der Waals surface area contributed by atoms with E-state index in [2.05, 4.69) is 11.6 Å². The van der Waals surface area contributed by atoms with Crippen LogP contribution in [-0.2, 0) is 15.8 Å². The number of unbranched alkanes of at least 4 members (excludes halogenated alkanes) is 6. The second-order valence-electron chi connectivity index (χ2n) is 7.35. The van der Waals surface area contributed by atoms with Crippen molar-refractivity contribution >= 4 is 16.8 Å². The first-order valence-electron chi connectivity index (χ1n) is 9.12. The van der Waals surface area contributed by atoms with Crippen molar-refractivity contribution in [3.05, 3.63) is 12.2 Å². The first kappa shape index (κ1) is 22.5. The fourth-order valence-corrected chi connectivity index (χ4v) is 3.17. The van der Waals surface area contributed by atoms with Gasteiger partial charge in [0, 0.05) is 6.04 Å². The van der Waals surface area contributed by atoms with E-state index in [1.165, 1.54) is 38.5 Å². The van der Waals surface area contributed by atoms with Crippen molar-refractivity contribution in [3.8, 4) is 0 Å². The summed E-state index contributed by atoms with van der Waals surface area (Å²) in [4.78, 5) is 11.0. The first-order chi connectivity index (χ1) is 10.8. The van der Waals surface area contributed by atoms with Gasteiger partial charge in [-0.05, 0) is 46.6 Å². The summed E-state index contributed by atoms with van der Waals surface area (Å²) in [7, 11) is -1.06. The fraction of sp³-hybridized carbons (Fsp3) is 0.842. The Kier molecular flexibility index (Phi) is 12.6. The molecule has 0 spiro atoms. The lowest BCUT2D eigenvalue weighted by atomic mass is 10.0. The van der Waals surface area contributed by atoms with Crippen LogP contribution < -0.4 is 4.72 Å². The van der Waals surface area contributed by atoms with Crippen LogP contribution in [0.4, 0.5) is 0 Å². The minimum Gasteiger partial charge on any atom is -0.295 e. The van der Waals surface area contributed by atoms with Crippen LogP contribution in [-0.4, -0.2) is 20.8 Å². The van der Waals surface area contributed by atoms with Gasteiger partial charge >= 0.3 is 0 Å². The number of hydrogen-bond acceptors (Lipinski definition) is 2. The molecule has 0 radical (unpaired) electrons. The predicted molar refractivity (Wildman–Crippen MR) is 102 cm³/mol. The standard InChI is InChI=1S/C19H37NO2S/c1-6-7-8-9-10-11-12-15-18(16-13-14-17(2)21)20-23(22)19(3,4)5/h13-14,18,20H,6-12,15-16H2,1-5H3/b14-13+/t18-,23-/m0/s1. The Balaban J connectivity index is 4.22. The number of hydrogen-bond donors (Lipinski definition) is 1. The molecule has 0 aromatic rings. The van der Waals surface area contributed by atoms with E-state index in [4.69, 9.17) is 0 Å². The largest absolute Gasteiger partial charge is 0.295 e. The summed E-state index contributed by atoms with van der Waals surface area (Å²) in [6.07, 6.45) is 14.3. The average Bonchev–Trinajstić information content (AvgIpc) is 2.44. The highest BCUT2D eigenvalue weighted by atomic mass is 32.2. The highest BCUT2D eigenvalue weighted by Crippen LogP contribution is 2.15. The zero-order chi connectivity index (χ0) is 17.7. The maximum Gasteiger partial charge on any atom is 0.152 e. The maximum atomic E-state index is 12.3. The van der Waals surface area contributed by atoms with Crippen molar-refractivity contribution in [2.45, 2.75) is 103 Å². The van der Waals surface area contributed by atoms with Crippen LogP contribution in [0.15, 0.2) is 12.2 Å². The van der Waals surface area contributed by atoms with E-state index in [0.29, 0.717) is 0 Å². The molecule has 23 heavy (non-hydrogen) atoms. The topological polar surface area (TPSA) is 46.2 Å². The van der Waals surface area contributed by atoms with E-state index in [9.17, 15) is 9.00 Å². The summed E-state index contributed by atoms with van der Waals surface area (Å²) >= 11 is 0. The molecule has 0 bridgehead atoms. The van der Waals surface area contributed by atoms with Crippen molar-refractivity contribution in [2.24, 2.45) is 0 Å². The number of rotatable bonds is 13. The molecular formula is C19H37NO2S. The van der Waals surface area contributed by atoms with Gasteiger partial charge in [0.15, 0.2) is 5.78 Å². The van der Waals surface area contributed by atoms with Gasteiger partial charge < -0.3 is 0 Å². The van der Waals surface area contributed by atoms with Gasteiger partial charge in [0.2, 0.25) is 0 Å². The van der Waals surface area contributed by atoms with Crippen LogP contribution in [0, 0.1) is 0 Å². The second kappa shape index (κ2) is 12.9. The molecule has 4 heteroatoms. The smallest absolute Gasteiger partial charge is 0.152 e. The van der Waals surface area contributed by atoms with Gasteiger partial charge in [0.05, 0.1) is 15.7 Å². The SMILES string of the molecule is CCCCCCCCC[C@@H](C/C=C/C(C)=O)N[S@@](=O)C(C)(C)C. The van der Waals surface area contributed by atoms with E-state index in [1.54, 1.807) is 13.0 Å². The molecule has 136 valence electrons. The molecule has 1 N–H and O–H groups in total. The van der Waals surface area contributed by atoms with Gasteiger partial charge in [0.25, 0.3) is 0 Å². The minimum atomic E-state index is -1.06. The van der Waals surface area contributed by atoms with E-state index < -0.39 is 11.0 Å². The minimum absolute atomic E-state index is 0.0663. The summed E-state index contributed by atoms with van der Waals surface area (Å²) < 4.78 is 15.3. The molecule has 0 aromatic carbocycles. The first-order valence-corrected chi connectivity index (χ1v) is 10.3. The lowest BCUT2D eigenvalue weighted by Crippen LogP contribution is -2.39. The van der Waals surface area contributed by atoms with E-state index >= 15 is 0 Å². The van der Waals surface area contributed by atoms with Crippen molar-refractivity contribution in [2.75, 3.05) is 0 Å². The summed E-state index contributed by atoms with van der Waals surface area (Å²) in [6.45, 7) is 9.73. The highest BCUT2D eigenvalue weighted by molar-refractivity contribution is 7.84. The van der Waals surface area contributed by atoms with Gasteiger partial charge in [-0.25, -0.2) is 8.93 Å². The average molecular weight is 344 g/mol. The zero-order valence-electron chi connectivity index (χ0n) is 15.8. The number of carbonyl (C=O) groups is 1. The summed E-state index contributed by atoms with van der Waals surface area (Å²) in [6, 6.07) is 0.182. The Morgan fingerprint density at radius 2 is 1.65 bits per heavy atom. The Morgan fingerprint density at radius 3 is 2.17 bits per heavy atom. The molecule has 0 aliphatic rings. The molecule has 0 rings (SSSR count). The molecule has 0 heterocycles. The Labute approximate surface area is 146 Å². The van der Waals surface area contributed by atoms with Gasteiger partial charge in [-0.3, -0.25) is 4.79 Å². The van der Waals surface area contributed by atoms with Crippen molar-refractivity contribution in [3.63, 3.8) is 0 Å². The lowest BCUT2D eigenvalue weighted by Gasteiger charge is -2.23. The molecule has 0 fully saturated rings. The van der Waals surface area contributed by atoms with Crippen LogP contribution in [0.3, 0.4) is 0 Å². The lowest BCUT2D eigenvalue weighted by molar-refractivity contribution is -0.112. The van der Waals surface area contributed by atoms with Crippen LogP contribution in [0.1, 0.15) is 92.4 Å². The maximum absolute atomic E-state index is 12.3. The normalized spacial score (nSPS) is 15.0. The molecule has 0 unspecified atom stereocenters. The Bertz CT molecular complexity index is 372. The van der Waals surface area contributed by atoms with E-state index in [1.807, 2.05) is 26.8 Å². The summed E-state index contributed by atoms with van der Waals surface area (Å²) in [5.41, 5.74) is 0. The van der Waals surface area contributed by atoms with Crippen molar-refractivity contribution in [1.82, 2.24) is 4.72 Å². The number of carbonyl (C=O) groups excluding carboxylic acids is 1. The molecule has 0 saturated heterocycles. The fourth-order valence-electron chi connectivity index (χ4n) is 2.30. The third-order valence-corrected chi connectivity index (χ3v) is 5.42. The van der Waals surface area contributed by atoms with E-state index in [0.717, 1.165) is 19.3 Å². The quantitative estimate of drug-likeness (QED) is 0.374. The molecule has 0 aliphatic heterocycles. The third-order valence-electron chi connectivity index (χ3n) is 3.76. The highest BCUT2D eigenvalue weighted by Gasteiger charge is 2.22. The van der Waals surface area contributed by atoms with Gasteiger partial charge in [-0.2, -0.15) is 0 Å². The number of ketones is 1. The molecule has 0 saturated carbocycles. The Hall–Kier alpha value is -0.480. The predicted octanol–water partition coefficient (Wildman–Crippen LogP) is 5.08. The monoisotopic (exact) mass is 343 g/mol. The third kappa shape index (κ3) is 13.6. The summed E-state index contributed by atoms with van der Waals surface area (Å²) in [5.74, 6) is 0.0663. The van der Waals surface area contributed by atoms with Crippen LogP contribution in [0.25, 0.3) is 0 Å². The second-order valence-corrected chi connectivity index (χ2v) is 9.35. The van der Waals surface area contributed by atoms with Gasteiger partial charge in [-0.1, -0.05) is 57.9 Å². The molecule has 2 atom stereocenters. The van der Waals surface area contributed by atoms with E-state index in [-0.39, 0.29) is 16.6 Å².